The highest BCUT2D eigenvalue weighted by atomic mass is 32.1. The van der Waals surface area contributed by atoms with Crippen LogP contribution in [0.4, 0.5) is 0 Å². The molecule has 0 radical (unpaired) electrons. The summed E-state index contributed by atoms with van der Waals surface area (Å²) in [5, 5.41) is 5.70. The van der Waals surface area contributed by atoms with Gasteiger partial charge in [-0.25, -0.2) is 9.78 Å². The van der Waals surface area contributed by atoms with E-state index >= 15 is 0 Å². The summed E-state index contributed by atoms with van der Waals surface area (Å²) >= 11 is 1.82. The van der Waals surface area contributed by atoms with Crippen LogP contribution in [-0.2, 0) is 31.7 Å². The summed E-state index contributed by atoms with van der Waals surface area (Å²) in [5.41, 5.74) is 2.10. The van der Waals surface area contributed by atoms with E-state index in [1.807, 2.05) is 25.2 Å². The Labute approximate surface area is 209 Å². The molecule has 188 valence electrons. The van der Waals surface area contributed by atoms with Crippen molar-refractivity contribution in [2.24, 2.45) is 20.0 Å². The standard InChI is InChI=1S/C26H35N5O3S/c1-17-21(18(2)28-24-23(17)25(33)30(4)26(34)29(24)3)7-8-22(32)27-16-19-9-12-31(13-10-19)14-11-20-6-5-15-35-20/h5-6,15,19H,7-14,16H2,1-4H3,(H,27,32). The van der Waals surface area contributed by atoms with Gasteiger partial charge in [0.1, 0.15) is 5.65 Å². The number of carbonyl (C=O) groups is 1. The summed E-state index contributed by atoms with van der Waals surface area (Å²) in [6, 6.07) is 4.31. The van der Waals surface area contributed by atoms with Crippen LogP contribution in [0.15, 0.2) is 27.1 Å². The second-order valence-corrected chi connectivity index (χ2v) is 10.7. The predicted octanol–water partition coefficient (Wildman–Crippen LogP) is 2.31. The van der Waals surface area contributed by atoms with Gasteiger partial charge in [-0.1, -0.05) is 6.07 Å². The van der Waals surface area contributed by atoms with Gasteiger partial charge in [0.2, 0.25) is 5.91 Å². The largest absolute Gasteiger partial charge is 0.356 e. The fourth-order valence-electron chi connectivity index (χ4n) is 5.03. The van der Waals surface area contributed by atoms with Gasteiger partial charge in [-0.3, -0.25) is 18.7 Å². The SMILES string of the molecule is Cc1nc2c(c(C)c1CCC(=O)NCC1CCN(CCc3cccs3)CC1)c(=O)n(C)c(=O)n2C. The fraction of sp³-hybridized carbons (Fsp3) is 0.538. The minimum Gasteiger partial charge on any atom is -0.356 e. The molecular weight excluding hydrogens is 462 g/mol. The van der Waals surface area contributed by atoms with Gasteiger partial charge in [0.25, 0.3) is 5.56 Å². The third kappa shape index (κ3) is 5.56. The van der Waals surface area contributed by atoms with Gasteiger partial charge in [0.05, 0.1) is 5.39 Å². The molecule has 0 aromatic carbocycles. The van der Waals surface area contributed by atoms with Crippen molar-refractivity contribution in [3.63, 3.8) is 0 Å². The first-order valence-corrected chi connectivity index (χ1v) is 13.2. The maximum absolute atomic E-state index is 12.8. The van der Waals surface area contributed by atoms with Crippen molar-refractivity contribution < 1.29 is 4.79 Å². The Hall–Kier alpha value is -2.78. The number of piperidine rings is 1. The van der Waals surface area contributed by atoms with Crippen LogP contribution in [0.1, 0.15) is 41.0 Å². The molecule has 9 heteroatoms. The van der Waals surface area contributed by atoms with Crippen LogP contribution in [0.25, 0.3) is 11.0 Å². The van der Waals surface area contributed by atoms with Crippen molar-refractivity contribution >= 4 is 28.3 Å². The average molecular weight is 498 g/mol. The summed E-state index contributed by atoms with van der Waals surface area (Å²) in [7, 11) is 3.10. The van der Waals surface area contributed by atoms with E-state index in [0.29, 0.717) is 36.3 Å². The number of likely N-dealkylation sites (tertiary alicyclic amines) is 1. The van der Waals surface area contributed by atoms with Crippen molar-refractivity contribution in [3.05, 3.63) is 60.0 Å². The van der Waals surface area contributed by atoms with Gasteiger partial charge in [-0.05, 0) is 81.1 Å². The Morgan fingerprint density at radius 2 is 1.89 bits per heavy atom. The second kappa shape index (κ2) is 10.9. The van der Waals surface area contributed by atoms with E-state index in [9.17, 15) is 14.4 Å². The molecule has 1 aliphatic rings. The van der Waals surface area contributed by atoms with Crippen molar-refractivity contribution in [2.45, 2.75) is 46.0 Å². The van der Waals surface area contributed by atoms with Crippen molar-refractivity contribution in [1.29, 1.82) is 0 Å². The number of rotatable bonds is 8. The van der Waals surface area contributed by atoms with E-state index in [1.165, 1.54) is 16.5 Å². The minimum atomic E-state index is -0.394. The molecule has 35 heavy (non-hydrogen) atoms. The number of aryl methyl sites for hydroxylation is 3. The lowest BCUT2D eigenvalue weighted by molar-refractivity contribution is -0.121. The van der Waals surface area contributed by atoms with Crippen LogP contribution in [-0.4, -0.2) is 51.1 Å². The summed E-state index contributed by atoms with van der Waals surface area (Å²) < 4.78 is 2.51. The molecule has 1 saturated heterocycles. The molecule has 4 heterocycles. The molecule has 1 fully saturated rings. The lowest BCUT2D eigenvalue weighted by Gasteiger charge is -2.31. The number of pyridine rings is 1. The maximum Gasteiger partial charge on any atom is 0.332 e. The predicted molar refractivity (Wildman–Crippen MR) is 140 cm³/mol. The number of nitrogens with zero attached hydrogens (tertiary/aromatic N) is 4. The summed E-state index contributed by atoms with van der Waals surface area (Å²) in [6.45, 7) is 7.74. The fourth-order valence-corrected chi connectivity index (χ4v) is 5.73. The van der Waals surface area contributed by atoms with Crippen molar-refractivity contribution in [2.75, 3.05) is 26.2 Å². The van der Waals surface area contributed by atoms with Crippen LogP contribution in [0.2, 0.25) is 0 Å². The van der Waals surface area contributed by atoms with Crippen molar-refractivity contribution in [1.82, 2.24) is 24.3 Å². The van der Waals surface area contributed by atoms with Crippen LogP contribution in [0, 0.1) is 19.8 Å². The van der Waals surface area contributed by atoms with Gasteiger partial charge in [0, 0.05) is 44.2 Å². The quantitative estimate of drug-likeness (QED) is 0.516. The first-order valence-electron chi connectivity index (χ1n) is 12.3. The molecule has 3 aromatic rings. The smallest absolute Gasteiger partial charge is 0.332 e. The minimum absolute atomic E-state index is 0.0254. The molecule has 1 N–H and O–H groups in total. The molecular formula is C26H35N5O3S. The molecule has 3 aromatic heterocycles. The lowest BCUT2D eigenvalue weighted by Crippen LogP contribution is -2.39. The first kappa shape index (κ1) is 25.3. The Morgan fingerprint density at radius 3 is 2.57 bits per heavy atom. The number of hydrogen-bond donors (Lipinski definition) is 1. The van der Waals surface area contributed by atoms with Gasteiger partial charge in [-0.2, -0.15) is 0 Å². The third-order valence-corrected chi connectivity index (χ3v) is 8.26. The molecule has 0 spiro atoms. The van der Waals surface area contributed by atoms with E-state index in [4.69, 9.17) is 0 Å². The number of aromatic nitrogens is 3. The normalized spacial score (nSPS) is 15.1. The van der Waals surface area contributed by atoms with Gasteiger partial charge in [0.15, 0.2) is 0 Å². The molecule has 8 nitrogen and oxygen atoms in total. The van der Waals surface area contributed by atoms with E-state index < -0.39 is 5.69 Å². The molecule has 1 aliphatic heterocycles. The summed E-state index contributed by atoms with van der Waals surface area (Å²) in [4.78, 5) is 46.1. The van der Waals surface area contributed by atoms with Crippen LogP contribution in [0.5, 0.6) is 0 Å². The Morgan fingerprint density at radius 1 is 1.14 bits per heavy atom. The van der Waals surface area contributed by atoms with Crippen LogP contribution < -0.4 is 16.6 Å². The number of hydrogen-bond acceptors (Lipinski definition) is 6. The van der Waals surface area contributed by atoms with Crippen LogP contribution in [0.3, 0.4) is 0 Å². The topological polar surface area (TPSA) is 89.2 Å². The molecule has 0 saturated carbocycles. The average Bonchev–Trinajstić information content (AvgIpc) is 3.37. The van der Waals surface area contributed by atoms with Gasteiger partial charge >= 0.3 is 5.69 Å². The van der Waals surface area contributed by atoms with Gasteiger partial charge < -0.3 is 10.2 Å². The first-order chi connectivity index (χ1) is 16.8. The summed E-state index contributed by atoms with van der Waals surface area (Å²) in [5.74, 6) is 0.546. The molecule has 1 amide bonds. The third-order valence-electron chi connectivity index (χ3n) is 7.32. The Balaban J connectivity index is 1.29. The van der Waals surface area contributed by atoms with Crippen LogP contribution >= 0.6 is 11.3 Å². The number of carbonyl (C=O) groups excluding carboxylic acids is 1. The van der Waals surface area contributed by atoms with Crippen molar-refractivity contribution in [3.8, 4) is 0 Å². The van der Waals surface area contributed by atoms with Gasteiger partial charge in [-0.15, -0.1) is 11.3 Å². The Bertz CT molecular complexity index is 1320. The van der Waals surface area contributed by atoms with E-state index in [1.54, 1.807) is 7.05 Å². The second-order valence-electron chi connectivity index (χ2n) is 9.62. The number of amides is 1. The monoisotopic (exact) mass is 497 g/mol. The summed E-state index contributed by atoms with van der Waals surface area (Å²) in [6.07, 6.45) is 4.20. The molecule has 0 aliphatic carbocycles. The number of thiophene rings is 1. The zero-order valence-electron chi connectivity index (χ0n) is 21.1. The number of fused-ring (bicyclic) bond motifs is 1. The van der Waals surface area contributed by atoms with E-state index in [2.05, 4.69) is 32.7 Å². The molecule has 0 bridgehead atoms. The lowest BCUT2D eigenvalue weighted by atomic mass is 9.96. The maximum atomic E-state index is 12.8. The molecule has 4 rings (SSSR count). The molecule has 0 unspecified atom stereocenters. The zero-order valence-corrected chi connectivity index (χ0v) is 21.9. The van der Waals surface area contributed by atoms with E-state index in [-0.39, 0.29) is 11.5 Å². The van der Waals surface area contributed by atoms with E-state index in [0.717, 1.165) is 60.3 Å². The highest BCUT2D eigenvalue weighted by Crippen LogP contribution is 2.21. The zero-order chi connectivity index (χ0) is 25.1. The Kier molecular flexibility index (Phi) is 7.86. The highest BCUT2D eigenvalue weighted by Gasteiger charge is 2.21. The number of nitrogens with one attached hydrogen (secondary N) is 1. The molecule has 0 atom stereocenters. The highest BCUT2D eigenvalue weighted by molar-refractivity contribution is 7.09.